The van der Waals surface area contributed by atoms with E-state index >= 15 is 0 Å². The lowest BCUT2D eigenvalue weighted by molar-refractivity contribution is 0.303. The summed E-state index contributed by atoms with van der Waals surface area (Å²) in [5.41, 5.74) is 4.95. The highest BCUT2D eigenvalue weighted by Gasteiger charge is 2.15. The van der Waals surface area contributed by atoms with Gasteiger partial charge in [0.2, 0.25) is 0 Å². The summed E-state index contributed by atoms with van der Waals surface area (Å²) < 4.78 is 5.90. The number of hydrogen-bond donors (Lipinski definition) is 0. The maximum atomic E-state index is 5.90. The summed E-state index contributed by atoms with van der Waals surface area (Å²) in [5.74, 6) is 7.37. The van der Waals surface area contributed by atoms with Crippen molar-refractivity contribution in [2.24, 2.45) is 5.41 Å². The smallest absolute Gasteiger partial charge is 0.131 e. The van der Waals surface area contributed by atoms with Crippen LogP contribution in [0.5, 0.6) is 5.75 Å². The highest BCUT2D eigenvalue weighted by atomic mass is 35.5. The Hall–Kier alpha value is -2.03. The van der Waals surface area contributed by atoms with E-state index in [-0.39, 0.29) is 17.8 Å². The zero-order valence-electron chi connectivity index (χ0n) is 19.5. The van der Waals surface area contributed by atoms with Crippen LogP contribution in [0.3, 0.4) is 0 Å². The molecule has 0 bridgehead atoms. The van der Waals surface area contributed by atoms with Crippen molar-refractivity contribution in [2.45, 2.75) is 34.2 Å². The lowest BCUT2D eigenvalue weighted by atomic mass is 9.98. The van der Waals surface area contributed by atoms with E-state index in [1.54, 1.807) is 29.8 Å². The summed E-state index contributed by atoms with van der Waals surface area (Å²) in [6.45, 7) is 11.2. The third-order valence-electron chi connectivity index (χ3n) is 4.87. The molecule has 0 atom stereocenters. The van der Waals surface area contributed by atoms with Crippen molar-refractivity contribution in [1.29, 1.82) is 0 Å². The van der Waals surface area contributed by atoms with E-state index in [0.29, 0.717) is 0 Å². The Balaban J connectivity index is 0.00000363. The summed E-state index contributed by atoms with van der Waals surface area (Å²) in [5, 5.41) is 6.54. The first kappa shape index (κ1) is 26.2. The highest BCUT2D eigenvalue weighted by Crippen LogP contribution is 2.39. The van der Waals surface area contributed by atoms with Crippen LogP contribution in [0.2, 0.25) is 0 Å². The van der Waals surface area contributed by atoms with Crippen LogP contribution in [-0.2, 0) is 6.54 Å². The minimum Gasteiger partial charge on any atom is -0.496 e. The van der Waals surface area contributed by atoms with Gasteiger partial charge in [0.25, 0.3) is 0 Å². The van der Waals surface area contributed by atoms with Crippen molar-refractivity contribution in [3.8, 4) is 39.2 Å². The molecule has 5 heteroatoms. The maximum absolute atomic E-state index is 5.90. The third kappa shape index (κ3) is 7.25. The first-order valence-electron chi connectivity index (χ1n) is 10.6. The monoisotopic (exact) mass is 485 g/mol. The van der Waals surface area contributed by atoms with Gasteiger partial charge in [-0.05, 0) is 78.9 Å². The van der Waals surface area contributed by atoms with E-state index in [1.807, 2.05) is 6.08 Å². The number of benzene rings is 1. The largest absolute Gasteiger partial charge is 0.496 e. The fourth-order valence-corrected chi connectivity index (χ4v) is 4.87. The van der Waals surface area contributed by atoms with E-state index in [0.717, 1.165) is 30.9 Å². The lowest BCUT2D eigenvalue weighted by Crippen LogP contribution is -2.23. The van der Waals surface area contributed by atoms with Crippen LogP contribution >= 0.6 is 35.1 Å². The molecule has 0 spiro atoms. The van der Waals surface area contributed by atoms with Gasteiger partial charge in [-0.3, -0.25) is 4.90 Å². The molecule has 0 N–H and O–H groups in total. The molecule has 0 saturated heterocycles. The molecule has 2 heterocycles. The maximum Gasteiger partial charge on any atom is 0.131 e. The van der Waals surface area contributed by atoms with Crippen LogP contribution in [-0.4, -0.2) is 25.1 Å². The number of ether oxygens (including phenoxy) is 1. The van der Waals surface area contributed by atoms with Gasteiger partial charge in [-0.15, -0.1) is 23.7 Å². The molecule has 0 radical (unpaired) electrons. The van der Waals surface area contributed by atoms with Gasteiger partial charge in [0.05, 0.1) is 7.11 Å². The minimum atomic E-state index is 0. The van der Waals surface area contributed by atoms with Gasteiger partial charge in [-0.1, -0.05) is 37.0 Å². The van der Waals surface area contributed by atoms with Crippen LogP contribution in [0.1, 0.15) is 33.3 Å². The molecule has 0 aliphatic heterocycles. The number of thiophene rings is 2. The van der Waals surface area contributed by atoms with Crippen LogP contribution in [0, 0.1) is 17.3 Å². The second-order valence-electron chi connectivity index (χ2n) is 8.46. The summed E-state index contributed by atoms with van der Waals surface area (Å²) in [7, 11) is 1.77. The first-order chi connectivity index (χ1) is 14.9. The van der Waals surface area contributed by atoms with Crippen molar-refractivity contribution in [1.82, 2.24) is 4.90 Å². The number of rotatable bonds is 8. The molecule has 0 unspecified atom stereocenters. The summed E-state index contributed by atoms with van der Waals surface area (Å²) in [6.07, 6.45) is 4.12. The average molecular weight is 486 g/mol. The van der Waals surface area contributed by atoms with Crippen LogP contribution < -0.4 is 4.74 Å². The van der Waals surface area contributed by atoms with Crippen molar-refractivity contribution in [2.75, 3.05) is 20.2 Å². The number of nitrogens with zero attached hydrogens (tertiary/aromatic N) is 1. The normalized spacial score (nSPS) is 11.3. The predicted molar refractivity (Wildman–Crippen MR) is 144 cm³/mol. The minimum absolute atomic E-state index is 0. The standard InChI is InChI=1S/C27H31NOS2.ClH/c1-6-28(15-9-7-8-14-27(2,3)4)18-21-11-10-12-24(26(21)29-5)25-17-23(20-31-25)22-13-16-30-19-22;/h7,9-13,16-17,19-20H,6,15,18H2,1-5H3;1H/b9-7+;. The fourth-order valence-electron chi connectivity index (χ4n) is 3.27. The van der Waals surface area contributed by atoms with Crippen molar-refractivity contribution >= 4 is 35.1 Å². The summed E-state index contributed by atoms with van der Waals surface area (Å²) >= 11 is 3.50. The molecule has 0 aliphatic rings. The van der Waals surface area contributed by atoms with Gasteiger partial charge >= 0.3 is 0 Å². The Kier molecular flexibility index (Phi) is 10.1. The Morgan fingerprint density at radius 3 is 2.59 bits per heavy atom. The van der Waals surface area contributed by atoms with E-state index in [4.69, 9.17) is 4.74 Å². The van der Waals surface area contributed by atoms with Gasteiger partial charge in [0.15, 0.2) is 0 Å². The van der Waals surface area contributed by atoms with Gasteiger partial charge < -0.3 is 4.74 Å². The molecule has 2 nitrogen and oxygen atoms in total. The van der Waals surface area contributed by atoms with E-state index in [2.05, 4.69) is 97.0 Å². The number of methoxy groups -OCH3 is 1. The number of hydrogen-bond acceptors (Lipinski definition) is 4. The zero-order valence-corrected chi connectivity index (χ0v) is 21.9. The van der Waals surface area contributed by atoms with E-state index < -0.39 is 0 Å². The van der Waals surface area contributed by atoms with Gasteiger partial charge in [-0.25, -0.2) is 0 Å². The second kappa shape index (κ2) is 12.3. The molecule has 0 fully saturated rings. The summed E-state index contributed by atoms with van der Waals surface area (Å²) in [6, 6.07) is 10.9. The predicted octanol–water partition coefficient (Wildman–Crippen LogP) is 8.00. The lowest BCUT2D eigenvalue weighted by Gasteiger charge is -2.21. The Morgan fingerprint density at radius 1 is 1.12 bits per heavy atom. The number of likely N-dealkylation sites (N-methyl/N-ethyl adjacent to an activating group) is 1. The topological polar surface area (TPSA) is 12.5 Å². The molecule has 3 rings (SSSR count). The molecule has 2 aromatic heterocycles. The fraction of sp³-hybridized carbons (Fsp3) is 0.333. The Bertz CT molecular complexity index is 1070. The van der Waals surface area contributed by atoms with Crippen LogP contribution in [0.4, 0.5) is 0 Å². The van der Waals surface area contributed by atoms with Crippen LogP contribution in [0.25, 0.3) is 21.6 Å². The van der Waals surface area contributed by atoms with Gasteiger partial charge in [0.1, 0.15) is 5.75 Å². The molecule has 3 aromatic rings. The molecule has 0 saturated carbocycles. The molecule has 1 aromatic carbocycles. The van der Waals surface area contributed by atoms with Crippen molar-refractivity contribution in [3.05, 3.63) is 64.2 Å². The second-order valence-corrected chi connectivity index (χ2v) is 10.2. The molecular formula is C27H32ClNOS2. The molecule has 0 amide bonds. The Labute approximate surface area is 207 Å². The van der Waals surface area contributed by atoms with E-state index in [9.17, 15) is 0 Å². The third-order valence-corrected chi connectivity index (χ3v) is 6.52. The first-order valence-corrected chi connectivity index (χ1v) is 12.4. The highest BCUT2D eigenvalue weighted by molar-refractivity contribution is 7.14. The van der Waals surface area contributed by atoms with Gasteiger partial charge in [-0.2, -0.15) is 11.3 Å². The molecule has 32 heavy (non-hydrogen) atoms. The number of para-hydroxylation sites is 1. The molecule has 0 aliphatic carbocycles. The average Bonchev–Trinajstić information content (AvgIpc) is 3.43. The SMILES string of the molecule is CCN(C/C=C/C#CC(C)(C)C)Cc1cccc(-c2cc(-c3ccsc3)cs2)c1OC.Cl. The number of allylic oxidation sites excluding steroid dienone is 1. The van der Waals surface area contributed by atoms with Crippen molar-refractivity contribution in [3.63, 3.8) is 0 Å². The quantitative estimate of drug-likeness (QED) is 0.299. The van der Waals surface area contributed by atoms with Crippen molar-refractivity contribution < 1.29 is 4.74 Å². The van der Waals surface area contributed by atoms with Crippen LogP contribution in [0.15, 0.2) is 58.6 Å². The van der Waals surface area contributed by atoms with E-state index in [1.165, 1.54) is 21.6 Å². The number of halogens is 1. The summed E-state index contributed by atoms with van der Waals surface area (Å²) in [4.78, 5) is 3.63. The van der Waals surface area contributed by atoms with Gasteiger partial charge in [0, 0.05) is 34.5 Å². The zero-order chi connectivity index (χ0) is 22.3. The Morgan fingerprint density at radius 2 is 1.94 bits per heavy atom. The molecular weight excluding hydrogens is 454 g/mol. The molecule has 170 valence electrons.